The fourth-order valence-electron chi connectivity index (χ4n) is 2.89. The summed E-state index contributed by atoms with van der Waals surface area (Å²) in [6.07, 6.45) is 2.54. The van der Waals surface area contributed by atoms with E-state index in [-0.39, 0.29) is 0 Å². The van der Waals surface area contributed by atoms with Crippen LogP contribution < -0.4 is 5.32 Å². The zero-order chi connectivity index (χ0) is 13.8. The van der Waals surface area contributed by atoms with Crippen molar-refractivity contribution in [3.8, 4) is 0 Å². The summed E-state index contributed by atoms with van der Waals surface area (Å²) in [6.45, 7) is 11.5. The van der Waals surface area contributed by atoms with Crippen LogP contribution in [0.1, 0.15) is 50.8 Å². The van der Waals surface area contributed by atoms with Crippen LogP contribution in [0, 0.1) is 6.92 Å². The van der Waals surface area contributed by atoms with Gasteiger partial charge in [-0.1, -0.05) is 29.8 Å². The minimum Gasteiger partial charge on any atom is -0.307 e. The fraction of sp³-hybridized carbons (Fsp3) is 0.647. The van der Waals surface area contributed by atoms with Crippen LogP contribution in [0.3, 0.4) is 0 Å². The molecule has 1 saturated heterocycles. The molecule has 0 bridgehead atoms. The number of likely N-dealkylation sites (tertiary alicyclic amines) is 1. The minimum atomic E-state index is 0.455. The van der Waals surface area contributed by atoms with Crippen LogP contribution in [-0.2, 0) is 0 Å². The summed E-state index contributed by atoms with van der Waals surface area (Å²) in [5.41, 5.74) is 2.73. The van der Waals surface area contributed by atoms with Gasteiger partial charge in [0.2, 0.25) is 0 Å². The lowest BCUT2D eigenvalue weighted by Crippen LogP contribution is -2.45. The summed E-state index contributed by atoms with van der Waals surface area (Å²) in [4.78, 5) is 2.58. The molecule has 0 radical (unpaired) electrons. The second-order valence-electron chi connectivity index (χ2n) is 6.20. The van der Waals surface area contributed by atoms with Gasteiger partial charge in [-0.05, 0) is 59.2 Å². The van der Waals surface area contributed by atoms with Crippen molar-refractivity contribution < 1.29 is 0 Å². The third kappa shape index (κ3) is 4.05. The van der Waals surface area contributed by atoms with Gasteiger partial charge in [0.25, 0.3) is 0 Å². The Morgan fingerprint density at radius 2 is 1.63 bits per heavy atom. The quantitative estimate of drug-likeness (QED) is 0.891. The summed E-state index contributed by atoms with van der Waals surface area (Å²) >= 11 is 0. The van der Waals surface area contributed by atoms with Gasteiger partial charge in [-0.25, -0.2) is 0 Å². The second kappa shape index (κ2) is 6.53. The van der Waals surface area contributed by atoms with E-state index in [2.05, 4.69) is 62.2 Å². The molecule has 1 fully saturated rings. The van der Waals surface area contributed by atoms with Gasteiger partial charge >= 0.3 is 0 Å². The molecule has 19 heavy (non-hydrogen) atoms. The van der Waals surface area contributed by atoms with Crippen LogP contribution in [0.4, 0.5) is 0 Å². The zero-order valence-electron chi connectivity index (χ0n) is 12.8. The molecule has 0 aliphatic carbocycles. The Kier molecular flexibility index (Phi) is 5.00. The number of hydrogen-bond acceptors (Lipinski definition) is 2. The average molecular weight is 260 g/mol. The Labute approximate surface area is 118 Å². The van der Waals surface area contributed by atoms with Crippen molar-refractivity contribution in [1.29, 1.82) is 0 Å². The van der Waals surface area contributed by atoms with Crippen molar-refractivity contribution in [3.63, 3.8) is 0 Å². The number of aryl methyl sites for hydroxylation is 1. The van der Waals surface area contributed by atoms with Crippen molar-refractivity contribution in [2.75, 3.05) is 13.1 Å². The van der Waals surface area contributed by atoms with E-state index in [1.165, 1.54) is 37.1 Å². The maximum Gasteiger partial charge on any atom is 0.0294 e. The lowest BCUT2D eigenvalue weighted by molar-refractivity contribution is 0.157. The van der Waals surface area contributed by atoms with Crippen molar-refractivity contribution >= 4 is 0 Å². The molecule has 2 nitrogen and oxygen atoms in total. The SMILES string of the molecule is Cc1ccc([C@@H](C)NC2CCN(C(C)C)CC2)cc1. The number of hydrogen-bond donors (Lipinski definition) is 1. The lowest BCUT2D eigenvalue weighted by atomic mass is 10.0. The molecule has 106 valence electrons. The highest BCUT2D eigenvalue weighted by Gasteiger charge is 2.21. The van der Waals surface area contributed by atoms with Gasteiger partial charge < -0.3 is 10.2 Å². The van der Waals surface area contributed by atoms with E-state index in [9.17, 15) is 0 Å². The monoisotopic (exact) mass is 260 g/mol. The molecular formula is C17H28N2. The minimum absolute atomic E-state index is 0.455. The maximum atomic E-state index is 3.79. The molecule has 0 amide bonds. The Balaban J connectivity index is 1.83. The predicted octanol–water partition coefficient (Wildman–Crippen LogP) is 3.52. The lowest BCUT2D eigenvalue weighted by Gasteiger charge is -2.36. The van der Waals surface area contributed by atoms with Gasteiger partial charge in [0.05, 0.1) is 0 Å². The van der Waals surface area contributed by atoms with Gasteiger partial charge in [0, 0.05) is 18.1 Å². The van der Waals surface area contributed by atoms with E-state index >= 15 is 0 Å². The molecular weight excluding hydrogens is 232 g/mol. The van der Waals surface area contributed by atoms with Crippen LogP contribution in [0.15, 0.2) is 24.3 Å². The predicted molar refractivity (Wildman–Crippen MR) is 82.5 cm³/mol. The number of nitrogens with one attached hydrogen (secondary N) is 1. The molecule has 1 heterocycles. The molecule has 0 unspecified atom stereocenters. The number of rotatable bonds is 4. The molecule has 1 aromatic rings. The fourth-order valence-corrected chi connectivity index (χ4v) is 2.89. The van der Waals surface area contributed by atoms with Crippen LogP contribution in [0.25, 0.3) is 0 Å². The van der Waals surface area contributed by atoms with E-state index in [4.69, 9.17) is 0 Å². The second-order valence-corrected chi connectivity index (χ2v) is 6.20. The Morgan fingerprint density at radius 3 is 2.16 bits per heavy atom. The summed E-state index contributed by atoms with van der Waals surface area (Å²) in [5, 5.41) is 3.79. The zero-order valence-corrected chi connectivity index (χ0v) is 12.8. The molecule has 2 rings (SSSR count). The van der Waals surface area contributed by atoms with E-state index in [0.29, 0.717) is 18.1 Å². The Hall–Kier alpha value is -0.860. The van der Waals surface area contributed by atoms with Gasteiger partial charge in [0.15, 0.2) is 0 Å². The topological polar surface area (TPSA) is 15.3 Å². The normalized spacial score (nSPS) is 19.8. The smallest absolute Gasteiger partial charge is 0.0294 e. The van der Waals surface area contributed by atoms with E-state index < -0.39 is 0 Å². The summed E-state index contributed by atoms with van der Waals surface area (Å²) < 4.78 is 0. The Bertz CT molecular complexity index is 375. The first-order chi connectivity index (χ1) is 9.06. The molecule has 0 aromatic heterocycles. The van der Waals surface area contributed by atoms with Crippen molar-refractivity contribution in [3.05, 3.63) is 35.4 Å². The standard InChI is InChI=1S/C17H28N2/c1-13(2)19-11-9-17(10-12-19)18-15(4)16-7-5-14(3)6-8-16/h5-8,13,15,17-18H,9-12H2,1-4H3/t15-/m1/s1. The van der Waals surface area contributed by atoms with E-state index in [1.807, 2.05) is 0 Å². The average Bonchev–Trinajstić information content (AvgIpc) is 2.40. The first kappa shape index (κ1) is 14.5. The van der Waals surface area contributed by atoms with Crippen LogP contribution in [0.5, 0.6) is 0 Å². The van der Waals surface area contributed by atoms with Crippen molar-refractivity contribution in [2.45, 2.75) is 58.7 Å². The van der Waals surface area contributed by atoms with Gasteiger partial charge in [-0.15, -0.1) is 0 Å². The summed E-state index contributed by atoms with van der Waals surface area (Å²) in [5.74, 6) is 0. The molecule has 1 N–H and O–H groups in total. The Morgan fingerprint density at radius 1 is 1.05 bits per heavy atom. The van der Waals surface area contributed by atoms with E-state index in [0.717, 1.165) is 0 Å². The summed E-state index contributed by atoms with van der Waals surface area (Å²) in [6, 6.07) is 10.7. The first-order valence-corrected chi connectivity index (χ1v) is 7.63. The molecule has 1 atom stereocenters. The molecule has 1 aromatic carbocycles. The third-order valence-corrected chi connectivity index (χ3v) is 4.32. The van der Waals surface area contributed by atoms with E-state index in [1.54, 1.807) is 0 Å². The van der Waals surface area contributed by atoms with Crippen LogP contribution in [-0.4, -0.2) is 30.1 Å². The summed E-state index contributed by atoms with van der Waals surface area (Å²) in [7, 11) is 0. The highest BCUT2D eigenvalue weighted by atomic mass is 15.2. The van der Waals surface area contributed by atoms with Gasteiger partial charge in [-0.2, -0.15) is 0 Å². The number of benzene rings is 1. The van der Waals surface area contributed by atoms with Crippen LogP contribution in [0.2, 0.25) is 0 Å². The molecule has 0 spiro atoms. The highest BCUT2D eigenvalue weighted by Crippen LogP contribution is 2.18. The highest BCUT2D eigenvalue weighted by molar-refractivity contribution is 5.23. The number of nitrogens with zero attached hydrogens (tertiary/aromatic N) is 1. The largest absolute Gasteiger partial charge is 0.307 e. The van der Waals surface area contributed by atoms with Crippen molar-refractivity contribution in [2.24, 2.45) is 0 Å². The molecule has 1 aliphatic rings. The molecule has 0 saturated carbocycles. The maximum absolute atomic E-state index is 3.79. The van der Waals surface area contributed by atoms with Crippen LogP contribution >= 0.6 is 0 Å². The van der Waals surface area contributed by atoms with Crippen molar-refractivity contribution in [1.82, 2.24) is 10.2 Å². The number of piperidine rings is 1. The molecule has 1 aliphatic heterocycles. The van der Waals surface area contributed by atoms with Gasteiger partial charge in [-0.3, -0.25) is 0 Å². The third-order valence-electron chi connectivity index (χ3n) is 4.32. The van der Waals surface area contributed by atoms with Gasteiger partial charge in [0.1, 0.15) is 0 Å². The first-order valence-electron chi connectivity index (χ1n) is 7.63. The molecule has 2 heteroatoms.